The van der Waals surface area contributed by atoms with Gasteiger partial charge in [0.25, 0.3) is 0 Å². The second-order valence-electron chi connectivity index (χ2n) is 3.11. The molecule has 0 saturated carbocycles. The van der Waals surface area contributed by atoms with Crippen LogP contribution in [0.15, 0.2) is 28.9 Å². The Bertz CT molecular complexity index is 482. The van der Waals surface area contributed by atoms with Crippen molar-refractivity contribution < 1.29 is 4.39 Å². The van der Waals surface area contributed by atoms with Crippen molar-refractivity contribution in [3.63, 3.8) is 0 Å². The van der Waals surface area contributed by atoms with E-state index in [9.17, 15) is 4.39 Å². The molecule has 0 atom stereocenters. The average molecular weight is 254 g/mol. The molecule has 2 aromatic rings. The van der Waals surface area contributed by atoms with Gasteiger partial charge >= 0.3 is 0 Å². The van der Waals surface area contributed by atoms with E-state index in [2.05, 4.69) is 20.9 Å². The zero-order valence-electron chi connectivity index (χ0n) is 7.72. The van der Waals surface area contributed by atoms with E-state index in [4.69, 9.17) is 0 Å². The summed E-state index contributed by atoms with van der Waals surface area (Å²) in [5.41, 5.74) is 1.57. The molecule has 0 radical (unpaired) electrons. The Morgan fingerprint density at radius 1 is 1.43 bits per heavy atom. The second kappa shape index (κ2) is 3.65. The highest BCUT2D eigenvalue weighted by molar-refractivity contribution is 9.10. The van der Waals surface area contributed by atoms with Crippen LogP contribution in [0.4, 0.5) is 4.39 Å². The van der Waals surface area contributed by atoms with E-state index in [1.54, 1.807) is 6.20 Å². The minimum absolute atomic E-state index is 0.273. The molecule has 1 heterocycles. The number of benzene rings is 1. The first-order chi connectivity index (χ1) is 6.72. The summed E-state index contributed by atoms with van der Waals surface area (Å²) in [6, 6.07) is 5.27. The highest BCUT2D eigenvalue weighted by Crippen LogP contribution is 2.24. The largest absolute Gasteiger partial charge is 0.253 e. The second-order valence-corrected chi connectivity index (χ2v) is 4.02. The van der Waals surface area contributed by atoms with Crippen molar-refractivity contribution in [2.75, 3.05) is 0 Å². The molecule has 2 rings (SSSR count). The molecule has 0 fully saturated rings. The van der Waals surface area contributed by atoms with Crippen molar-refractivity contribution >= 4 is 26.8 Å². The Kier molecular flexibility index (Phi) is 2.50. The van der Waals surface area contributed by atoms with Gasteiger partial charge in [-0.15, -0.1) is 0 Å². The van der Waals surface area contributed by atoms with Crippen LogP contribution in [-0.4, -0.2) is 4.98 Å². The van der Waals surface area contributed by atoms with Crippen molar-refractivity contribution in [3.8, 4) is 0 Å². The van der Waals surface area contributed by atoms with Crippen LogP contribution in [0.5, 0.6) is 0 Å². The molecule has 1 aromatic carbocycles. The summed E-state index contributed by atoms with van der Waals surface area (Å²) in [6.07, 6.45) is 2.53. The third kappa shape index (κ3) is 1.52. The van der Waals surface area contributed by atoms with Gasteiger partial charge < -0.3 is 0 Å². The summed E-state index contributed by atoms with van der Waals surface area (Å²) in [6.45, 7) is 2.05. The Morgan fingerprint density at radius 3 is 2.93 bits per heavy atom. The van der Waals surface area contributed by atoms with Crippen LogP contribution >= 0.6 is 15.9 Å². The molecule has 1 aromatic heterocycles. The van der Waals surface area contributed by atoms with E-state index >= 15 is 0 Å². The number of pyridine rings is 1. The Balaban J connectivity index is 2.86. The first-order valence-electron chi connectivity index (χ1n) is 4.45. The van der Waals surface area contributed by atoms with Gasteiger partial charge in [0.2, 0.25) is 0 Å². The maximum atomic E-state index is 13.5. The topological polar surface area (TPSA) is 12.9 Å². The molecular formula is C11H9BrFN. The molecule has 0 aliphatic rings. The molecule has 0 spiro atoms. The summed E-state index contributed by atoms with van der Waals surface area (Å²) >= 11 is 3.28. The van der Waals surface area contributed by atoms with Crippen molar-refractivity contribution in [2.45, 2.75) is 13.3 Å². The molecule has 0 saturated heterocycles. The highest BCUT2D eigenvalue weighted by Gasteiger charge is 2.06. The van der Waals surface area contributed by atoms with Crippen molar-refractivity contribution in [1.29, 1.82) is 0 Å². The first-order valence-corrected chi connectivity index (χ1v) is 5.24. The van der Waals surface area contributed by atoms with Crippen molar-refractivity contribution in [2.24, 2.45) is 0 Å². The summed E-state index contributed by atoms with van der Waals surface area (Å²) < 4.78 is 14.2. The van der Waals surface area contributed by atoms with Crippen LogP contribution in [0, 0.1) is 5.82 Å². The minimum atomic E-state index is -0.273. The van der Waals surface area contributed by atoms with E-state index < -0.39 is 0 Å². The fraction of sp³-hybridized carbons (Fsp3) is 0.182. The number of hydrogen-bond acceptors (Lipinski definition) is 1. The van der Waals surface area contributed by atoms with Crippen LogP contribution in [0.2, 0.25) is 0 Å². The summed E-state index contributed by atoms with van der Waals surface area (Å²) in [5.74, 6) is -0.273. The summed E-state index contributed by atoms with van der Waals surface area (Å²) in [4.78, 5) is 4.03. The molecule has 0 bridgehead atoms. The molecular weight excluding hydrogens is 245 g/mol. The van der Waals surface area contributed by atoms with Crippen molar-refractivity contribution in [1.82, 2.24) is 4.98 Å². The fourth-order valence-corrected chi connectivity index (χ4v) is 1.97. The molecule has 3 heteroatoms. The maximum Gasteiger partial charge on any atom is 0.150 e. The van der Waals surface area contributed by atoms with Crippen LogP contribution in [0.25, 0.3) is 10.9 Å². The number of aryl methyl sites for hydroxylation is 1. The monoisotopic (exact) mass is 253 g/mol. The summed E-state index contributed by atoms with van der Waals surface area (Å²) in [7, 11) is 0. The highest BCUT2D eigenvalue weighted by atomic mass is 79.9. The normalized spacial score (nSPS) is 10.8. The van der Waals surface area contributed by atoms with Gasteiger partial charge in [-0.1, -0.05) is 22.9 Å². The Hall–Kier alpha value is -0.960. The molecule has 0 N–H and O–H groups in total. The molecule has 0 aliphatic heterocycles. The molecule has 0 amide bonds. The third-order valence-corrected chi connectivity index (χ3v) is 2.69. The van der Waals surface area contributed by atoms with Crippen LogP contribution < -0.4 is 0 Å². The minimum Gasteiger partial charge on any atom is -0.253 e. The van der Waals surface area contributed by atoms with Crippen molar-refractivity contribution in [3.05, 3.63) is 40.2 Å². The van der Waals surface area contributed by atoms with E-state index in [-0.39, 0.29) is 5.82 Å². The van der Waals surface area contributed by atoms with E-state index in [0.717, 1.165) is 21.8 Å². The predicted octanol–water partition coefficient (Wildman–Crippen LogP) is 3.70. The average Bonchev–Trinajstić information content (AvgIpc) is 2.17. The molecule has 0 unspecified atom stereocenters. The van der Waals surface area contributed by atoms with E-state index in [0.29, 0.717) is 5.52 Å². The van der Waals surface area contributed by atoms with Gasteiger partial charge in [-0.3, -0.25) is 4.98 Å². The number of hydrogen-bond donors (Lipinski definition) is 0. The summed E-state index contributed by atoms with van der Waals surface area (Å²) in [5, 5.41) is 0.891. The standard InChI is InChI=1S/C11H9BrFN/c1-2-7-3-4-14-11-9(7)5-8(12)6-10(11)13/h3-6H,2H2,1H3. The van der Waals surface area contributed by atoms with Gasteiger partial charge in [-0.2, -0.15) is 0 Å². The van der Waals surface area contributed by atoms with E-state index in [1.165, 1.54) is 6.07 Å². The lowest BCUT2D eigenvalue weighted by Gasteiger charge is -2.04. The van der Waals surface area contributed by atoms with Gasteiger partial charge in [0.1, 0.15) is 5.52 Å². The number of halogens is 2. The number of aromatic nitrogens is 1. The number of fused-ring (bicyclic) bond motifs is 1. The molecule has 14 heavy (non-hydrogen) atoms. The Labute approximate surface area is 90.1 Å². The van der Waals surface area contributed by atoms with Crippen LogP contribution in [0.3, 0.4) is 0 Å². The Morgan fingerprint density at radius 2 is 2.21 bits per heavy atom. The predicted molar refractivity (Wildman–Crippen MR) is 58.8 cm³/mol. The van der Waals surface area contributed by atoms with Crippen LogP contribution in [-0.2, 0) is 6.42 Å². The van der Waals surface area contributed by atoms with Gasteiger partial charge in [0.15, 0.2) is 5.82 Å². The van der Waals surface area contributed by atoms with Gasteiger partial charge in [-0.05, 0) is 30.2 Å². The van der Waals surface area contributed by atoms with Gasteiger partial charge in [0.05, 0.1) is 0 Å². The van der Waals surface area contributed by atoms with E-state index in [1.807, 2.05) is 19.1 Å². The SMILES string of the molecule is CCc1ccnc2c(F)cc(Br)cc12. The van der Waals surface area contributed by atoms with Gasteiger partial charge in [0, 0.05) is 16.1 Å². The fourth-order valence-electron chi connectivity index (χ4n) is 1.54. The number of nitrogens with zero attached hydrogens (tertiary/aromatic N) is 1. The zero-order chi connectivity index (χ0) is 10.1. The third-order valence-electron chi connectivity index (χ3n) is 2.23. The zero-order valence-corrected chi connectivity index (χ0v) is 9.31. The smallest absolute Gasteiger partial charge is 0.150 e. The lowest BCUT2D eigenvalue weighted by molar-refractivity contribution is 0.636. The van der Waals surface area contributed by atoms with Crippen LogP contribution in [0.1, 0.15) is 12.5 Å². The molecule has 72 valence electrons. The first kappa shape index (κ1) is 9.59. The molecule has 0 aliphatic carbocycles. The quantitative estimate of drug-likeness (QED) is 0.756. The maximum absolute atomic E-state index is 13.5. The lowest BCUT2D eigenvalue weighted by atomic mass is 10.1. The number of rotatable bonds is 1. The van der Waals surface area contributed by atoms with Gasteiger partial charge in [-0.25, -0.2) is 4.39 Å². The lowest BCUT2D eigenvalue weighted by Crippen LogP contribution is -1.89. The molecule has 1 nitrogen and oxygen atoms in total.